The fraction of sp³-hybridized carbons (Fsp3) is 0.0714. The molecule has 96 valence electrons. The van der Waals surface area contributed by atoms with Crippen LogP contribution in [0.15, 0.2) is 34.7 Å². The molecule has 0 fully saturated rings. The number of rotatable bonds is 1. The molecular formula is C14H12ClN3O. The summed E-state index contributed by atoms with van der Waals surface area (Å²) in [4.78, 5) is 4.39. The predicted molar refractivity (Wildman–Crippen MR) is 78.0 cm³/mol. The Balaban J connectivity index is 2.19. The van der Waals surface area contributed by atoms with E-state index in [1.165, 1.54) is 0 Å². The van der Waals surface area contributed by atoms with Crippen LogP contribution in [0.5, 0.6) is 0 Å². The Kier molecular flexibility index (Phi) is 2.61. The first kappa shape index (κ1) is 11.9. The molecule has 0 atom stereocenters. The van der Waals surface area contributed by atoms with E-state index in [1.807, 2.05) is 6.92 Å². The van der Waals surface area contributed by atoms with E-state index < -0.39 is 0 Å². The highest BCUT2D eigenvalue weighted by atomic mass is 35.5. The van der Waals surface area contributed by atoms with Crippen molar-refractivity contribution in [3.63, 3.8) is 0 Å². The topological polar surface area (TPSA) is 78.1 Å². The molecule has 0 aliphatic carbocycles. The van der Waals surface area contributed by atoms with Gasteiger partial charge in [0, 0.05) is 22.0 Å². The molecule has 1 aromatic heterocycles. The molecule has 3 rings (SSSR count). The van der Waals surface area contributed by atoms with Crippen LogP contribution in [0.3, 0.4) is 0 Å². The van der Waals surface area contributed by atoms with E-state index in [0.717, 1.165) is 11.1 Å². The fourth-order valence-corrected chi connectivity index (χ4v) is 2.07. The zero-order valence-electron chi connectivity index (χ0n) is 10.3. The quantitative estimate of drug-likeness (QED) is 0.664. The lowest BCUT2D eigenvalue weighted by Gasteiger charge is -2.05. The number of anilines is 2. The van der Waals surface area contributed by atoms with E-state index in [9.17, 15) is 0 Å². The molecule has 4 nitrogen and oxygen atoms in total. The van der Waals surface area contributed by atoms with Gasteiger partial charge in [0.1, 0.15) is 5.52 Å². The van der Waals surface area contributed by atoms with Crippen LogP contribution in [0.25, 0.3) is 22.6 Å². The highest BCUT2D eigenvalue weighted by Crippen LogP contribution is 2.30. The minimum atomic E-state index is 0.482. The van der Waals surface area contributed by atoms with Crippen molar-refractivity contribution in [3.8, 4) is 11.5 Å². The summed E-state index contributed by atoms with van der Waals surface area (Å²) in [6, 6.07) is 8.91. The Morgan fingerprint density at radius 2 is 1.79 bits per heavy atom. The lowest BCUT2D eigenvalue weighted by atomic mass is 10.1. The van der Waals surface area contributed by atoms with E-state index in [0.29, 0.717) is 33.4 Å². The Hall–Kier alpha value is -2.20. The summed E-state index contributed by atoms with van der Waals surface area (Å²) in [6.07, 6.45) is 0. The summed E-state index contributed by atoms with van der Waals surface area (Å²) in [5.41, 5.74) is 16.1. The summed E-state index contributed by atoms with van der Waals surface area (Å²) in [7, 11) is 0. The smallest absolute Gasteiger partial charge is 0.227 e. The molecule has 0 unspecified atom stereocenters. The molecule has 5 heteroatoms. The summed E-state index contributed by atoms with van der Waals surface area (Å²) < 4.78 is 5.68. The molecular weight excluding hydrogens is 262 g/mol. The van der Waals surface area contributed by atoms with Gasteiger partial charge < -0.3 is 15.9 Å². The number of halogens is 1. The SMILES string of the molecule is Cc1c(N)cc(-c2nc3cc(Cl)ccc3o2)cc1N. The van der Waals surface area contributed by atoms with Gasteiger partial charge in [0.2, 0.25) is 5.89 Å². The normalized spacial score (nSPS) is 11.1. The highest BCUT2D eigenvalue weighted by Gasteiger charge is 2.11. The summed E-state index contributed by atoms with van der Waals surface area (Å²) in [6.45, 7) is 1.88. The van der Waals surface area contributed by atoms with Crippen molar-refractivity contribution in [2.24, 2.45) is 0 Å². The number of hydrogen-bond donors (Lipinski definition) is 2. The lowest BCUT2D eigenvalue weighted by molar-refractivity contribution is 0.620. The maximum atomic E-state index is 5.92. The molecule has 0 radical (unpaired) electrons. The van der Waals surface area contributed by atoms with Gasteiger partial charge in [0.15, 0.2) is 5.58 Å². The van der Waals surface area contributed by atoms with E-state index in [-0.39, 0.29) is 0 Å². The summed E-state index contributed by atoms with van der Waals surface area (Å²) >= 11 is 5.92. The van der Waals surface area contributed by atoms with Crippen LogP contribution in [0.4, 0.5) is 11.4 Å². The van der Waals surface area contributed by atoms with E-state index in [4.69, 9.17) is 27.5 Å². The van der Waals surface area contributed by atoms with Crippen LogP contribution in [0, 0.1) is 6.92 Å². The molecule has 0 spiro atoms. The molecule has 2 aromatic carbocycles. The first-order valence-corrected chi connectivity index (χ1v) is 6.14. The number of nitrogens with two attached hydrogens (primary N) is 2. The number of fused-ring (bicyclic) bond motifs is 1. The van der Waals surface area contributed by atoms with Crippen LogP contribution < -0.4 is 11.5 Å². The summed E-state index contributed by atoms with van der Waals surface area (Å²) in [5, 5.41) is 0.621. The van der Waals surface area contributed by atoms with Gasteiger partial charge in [0.05, 0.1) is 0 Å². The van der Waals surface area contributed by atoms with Crippen LogP contribution in [-0.2, 0) is 0 Å². The molecule has 0 saturated heterocycles. The van der Waals surface area contributed by atoms with E-state index >= 15 is 0 Å². The average Bonchev–Trinajstić information content (AvgIpc) is 2.78. The van der Waals surface area contributed by atoms with Gasteiger partial charge in [-0.3, -0.25) is 0 Å². The molecule has 19 heavy (non-hydrogen) atoms. The van der Waals surface area contributed by atoms with Crippen molar-refractivity contribution < 1.29 is 4.42 Å². The number of aromatic nitrogens is 1. The number of nitrogen functional groups attached to an aromatic ring is 2. The Labute approximate surface area is 115 Å². The molecule has 0 aliphatic rings. The zero-order chi connectivity index (χ0) is 13.6. The maximum Gasteiger partial charge on any atom is 0.227 e. The minimum Gasteiger partial charge on any atom is -0.436 e. The molecule has 0 aliphatic heterocycles. The standard InChI is InChI=1S/C14H12ClN3O/c1-7-10(16)4-8(5-11(7)17)14-18-12-6-9(15)2-3-13(12)19-14/h2-6H,16-17H2,1H3. The second-order valence-corrected chi connectivity index (χ2v) is 4.85. The molecule has 3 aromatic rings. The zero-order valence-corrected chi connectivity index (χ0v) is 11.0. The van der Waals surface area contributed by atoms with Crippen LogP contribution in [-0.4, -0.2) is 4.98 Å². The lowest BCUT2D eigenvalue weighted by Crippen LogP contribution is -1.96. The third kappa shape index (κ3) is 2.00. The number of oxazole rings is 1. The van der Waals surface area contributed by atoms with Gasteiger partial charge in [-0.25, -0.2) is 4.98 Å². The van der Waals surface area contributed by atoms with Crippen molar-refractivity contribution >= 4 is 34.1 Å². The largest absolute Gasteiger partial charge is 0.436 e. The molecule has 1 heterocycles. The second kappa shape index (κ2) is 4.17. The maximum absolute atomic E-state index is 5.92. The van der Waals surface area contributed by atoms with Gasteiger partial charge >= 0.3 is 0 Å². The monoisotopic (exact) mass is 273 g/mol. The Morgan fingerprint density at radius 3 is 2.47 bits per heavy atom. The van der Waals surface area contributed by atoms with E-state index in [2.05, 4.69) is 4.98 Å². The van der Waals surface area contributed by atoms with Crippen molar-refractivity contribution in [2.45, 2.75) is 6.92 Å². The third-order valence-corrected chi connectivity index (χ3v) is 3.32. The van der Waals surface area contributed by atoms with Crippen LogP contribution in [0.2, 0.25) is 5.02 Å². The van der Waals surface area contributed by atoms with E-state index in [1.54, 1.807) is 30.3 Å². The van der Waals surface area contributed by atoms with Gasteiger partial charge in [-0.15, -0.1) is 0 Å². The Bertz CT molecular complexity index is 756. The van der Waals surface area contributed by atoms with Crippen molar-refractivity contribution in [2.75, 3.05) is 11.5 Å². The predicted octanol–water partition coefficient (Wildman–Crippen LogP) is 3.62. The number of nitrogens with zero attached hydrogens (tertiary/aromatic N) is 1. The fourth-order valence-electron chi connectivity index (χ4n) is 1.91. The second-order valence-electron chi connectivity index (χ2n) is 4.41. The van der Waals surface area contributed by atoms with Gasteiger partial charge in [-0.1, -0.05) is 11.6 Å². The highest BCUT2D eigenvalue weighted by molar-refractivity contribution is 6.31. The average molecular weight is 274 g/mol. The van der Waals surface area contributed by atoms with Gasteiger partial charge in [-0.05, 0) is 42.8 Å². The minimum absolute atomic E-state index is 0.482. The van der Waals surface area contributed by atoms with Gasteiger partial charge in [-0.2, -0.15) is 0 Å². The Morgan fingerprint density at radius 1 is 1.11 bits per heavy atom. The van der Waals surface area contributed by atoms with Crippen LogP contribution >= 0.6 is 11.6 Å². The van der Waals surface area contributed by atoms with Crippen molar-refractivity contribution in [3.05, 3.63) is 40.9 Å². The number of hydrogen-bond acceptors (Lipinski definition) is 4. The van der Waals surface area contributed by atoms with Crippen LogP contribution in [0.1, 0.15) is 5.56 Å². The molecule has 4 N–H and O–H groups in total. The molecule has 0 saturated carbocycles. The molecule has 0 amide bonds. The summed E-state index contributed by atoms with van der Waals surface area (Å²) in [5.74, 6) is 0.482. The van der Waals surface area contributed by atoms with Crippen molar-refractivity contribution in [1.29, 1.82) is 0 Å². The number of benzene rings is 2. The first-order valence-electron chi connectivity index (χ1n) is 5.76. The van der Waals surface area contributed by atoms with Gasteiger partial charge in [0.25, 0.3) is 0 Å². The third-order valence-electron chi connectivity index (χ3n) is 3.08. The molecule has 0 bridgehead atoms. The first-order chi connectivity index (χ1) is 9.04. The van der Waals surface area contributed by atoms with Crippen molar-refractivity contribution in [1.82, 2.24) is 4.98 Å².